The fourth-order valence-electron chi connectivity index (χ4n) is 2.39. The van der Waals surface area contributed by atoms with Crippen molar-refractivity contribution in [3.63, 3.8) is 0 Å². The summed E-state index contributed by atoms with van der Waals surface area (Å²) in [6.07, 6.45) is 5.50. The predicted octanol–water partition coefficient (Wildman–Crippen LogP) is 1.92. The number of piperazine rings is 1. The zero-order valence-electron chi connectivity index (χ0n) is 11.7. The first-order valence-electron chi connectivity index (χ1n) is 7.05. The van der Waals surface area contributed by atoms with Crippen LogP contribution in [0.25, 0.3) is 6.08 Å². The number of pyridine rings is 1. The van der Waals surface area contributed by atoms with Crippen molar-refractivity contribution in [2.75, 3.05) is 31.1 Å². The number of nitrogens with zero attached hydrogens (tertiary/aromatic N) is 2. The van der Waals surface area contributed by atoms with E-state index in [4.69, 9.17) is 0 Å². The van der Waals surface area contributed by atoms with E-state index in [0.29, 0.717) is 0 Å². The Labute approximate surface area is 128 Å². The Bertz CT molecular complexity index is 602. The highest BCUT2D eigenvalue weighted by molar-refractivity contribution is 7.10. The molecule has 2 aromatic rings. The van der Waals surface area contributed by atoms with E-state index in [-0.39, 0.29) is 5.91 Å². The summed E-state index contributed by atoms with van der Waals surface area (Å²) in [6.45, 7) is 3.24. The Morgan fingerprint density at radius 1 is 1.14 bits per heavy atom. The van der Waals surface area contributed by atoms with Crippen LogP contribution < -0.4 is 9.88 Å². The highest BCUT2D eigenvalue weighted by Crippen LogP contribution is 2.12. The molecule has 1 saturated heterocycles. The molecule has 108 valence electrons. The lowest BCUT2D eigenvalue weighted by molar-refractivity contribution is -0.364. The zero-order valence-corrected chi connectivity index (χ0v) is 12.6. The first kappa shape index (κ1) is 13.8. The Kier molecular flexibility index (Phi) is 4.31. The van der Waals surface area contributed by atoms with E-state index in [2.05, 4.69) is 16.0 Å². The van der Waals surface area contributed by atoms with Crippen LogP contribution in [0.3, 0.4) is 0 Å². The number of rotatable bonds is 3. The van der Waals surface area contributed by atoms with Crippen molar-refractivity contribution in [3.8, 4) is 0 Å². The quantitative estimate of drug-likeness (QED) is 0.812. The third-order valence-corrected chi connectivity index (χ3v) is 4.40. The molecule has 0 bridgehead atoms. The second kappa shape index (κ2) is 6.54. The molecule has 0 radical (unpaired) electrons. The van der Waals surface area contributed by atoms with Crippen LogP contribution in [-0.2, 0) is 4.79 Å². The summed E-state index contributed by atoms with van der Waals surface area (Å²) in [6, 6.07) is 10.1. The van der Waals surface area contributed by atoms with Gasteiger partial charge in [-0.15, -0.1) is 11.3 Å². The number of nitrogens with one attached hydrogen (secondary N) is 1. The molecule has 0 aromatic carbocycles. The van der Waals surface area contributed by atoms with Crippen molar-refractivity contribution >= 4 is 29.1 Å². The molecule has 0 unspecified atom stereocenters. The molecular weight excluding hydrogens is 282 g/mol. The molecule has 1 fully saturated rings. The molecule has 1 aliphatic rings. The molecule has 0 saturated carbocycles. The van der Waals surface area contributed by atoms with Gasteiger partial charge < -0.3 is 4.90 Å². The number of anilines is 1. The maximum absolute atomic E-state index is 12.2. The topological polar surface area (TPSA) is 37.7 Å². The van der Waals surface area contributed by atoms with E-state index in [0.717, 1.165) is 36.9 Å². The summed E-state index contributed by atoms with van der Waals surface area (Å²) in [5.41, 5.74) is 0. The van der Waals surface area contributed by atoms with Crippen LogP contribution in [-0.4, -0.2) is 37.0 Å². The highest BCUT2D eigenvalue weighted by Gasteiger charge is 2.24. The van der Waals surface area contributed by atoms with Crippen LogP contribution in [0, 0.1) is 0 Å². The van der Waals surface area contributed by atoms with Gasteiger partial charge in [-0.05, 0) is 23.6 Å². The number of H-pyrrole nitrogens is 1. The van der Waals surface area contributed by atoms with Crippen molar-refractivity contribution in [2.45, 2.75) is 0 Å². The number of carbonyl (C=O) groups is 1. The van der Waals surface area contributed by atoms with Gasteiger partial charge in [0, 0.05) is 17.0 Å². The standard InChI is InChI=1S/C16H17N3OS/c20-16(7-6-14-4-3-13-21-14)19-11-9-18(10-12-19)15-5-1-2-8-17-15/h1-8,13H,9-12H2/p+1. The maximum atomic E-state index is 12.2. The molecule has 2 aromatic heterocycles. The van der Waals surface area contributed by atoms with Crippen molar-refractivity contribution in [1.82, 2.24) is 4.90 Å². The summed E-state index contributed by atoms with van der Waals surface area (Å²) in [5.74, 6) is 1.21. The fourth-order valence-corrected chi connectivity index (χ4v) is 3.01. The lowest BCUT2D eigenvalue weighted by Gasteiger charge is -2.30. The number of carbonyl (C=O) groups excluding carboxylic acids is 1. The first-order valence-corrected chi connectivity index (χ1v) is 7.93. The van der Waals surface area contributed by atoms with Crippen molar-refractivity contribution in [2.24, 2.45) is 0 Å². The molecule has 1 amide bonds. The molecule has 1 aliphatic heterocycles. The van der Waals surface area contributed by atoms with Gasteiger partial charge in [-0.1, -0.05) is 12.1 Å². The lowest BCUT2D eigenvalue weighted by atomic mass is 10.3. The molecule has 4 nitrogen and oxygen atoms in total. The molecule has 21 heavy (non-hydrogen) atoms. The van der Waals surface area contributed by atoms with Crippen LogP contribution in [0.4, 0.5) is 5.82 Å². The number of thiophene rings is 1. The maximum Gasteiger partial charge on any atom is 0.274 e. The molecule has 5 heteroatoms. The average molecular weight is 300 g/mol. The average Bonchev–Trinajstić information content (AvgIpc) is 3.07. The summed E-state index contributed by atoms with van der Waals surface area (Å²) >= 11 is 1.64. The van der Waals surface area contributed by atoms with Crippen molar-refractivity contribution < 1.29 is 9.78 Å². The molecule has 3 heterocycles. The smallest absolute Gasteiger partial charge is 0.274 e. The zero-order chi connectivity index (χ0) is 14.5. The van der Waals surface area contributed by atoms with Crippen molar-refractivity contribution in [3.05, 3.63) is 52.9 Å². The van der Waals surface area contributed by atoms with Crippen LogP contribution in [0.2, 0.25) is 0 Å². The second-order valence-corrected chi connectivity index (χ2v) is 5.89. The van der Waals surface area contributed by atoms with Crippen LogP contribution in [0.1, 0.15) is 4.88 Å². The highest BCUT2D eigenvalue weighted by atomic mass is 32.1. The minimum absolute atomic E-state index is 0.0973. The normalized spacial score (nSPS) is 15.6. The molecular formula is C16H18N3OS+. The number of hydrogen-bond donors (Lipinski definition) is 0. The molecule has 0 spiro atoms. The van der Waals surface area contributed by atoms with Gasteiger partial charge in [0.15, 0.2) is 0 Å². The summed E-state index contributed by atoms with van der Waals surface area (Å²) in [4.78, 5) is 20.7. The largest absolute Gasteiger partial charge is 0.331 e. The first-order chi connectivity index (χ1) is 10.3. The van der Waals surface area contributed by atoms with E-state index < -0.39 is 0 Å². The van der Waals surface area contributed by atoms with Gasteiger partial charge in [0.25, 0.3) is 5.82 Å². The molecule has 3 rings (SSSR count). The monoisotopic (exact) mass is 300 g/mol. The number of aromatic nitrogens is 1. The van der Waals surface area contributed by atoms with Crippen molar-refractivity contribution in [1.29, 1.82) is 0 Å². The molecule has 0 aliphatic carbocycles. The van der Waals surface area contributed by atoms with Gasteiger partial charge >= 0.3 is 0 Å². The van der Waals surface area contributed by atoms with Crippen LogP contribution in [0.15, 0.2) is 48.0 Å². The lowest BCUT2D eigenvalue weighted by Crippen LogP contribution is -2.49. The Hall–Kier alpha value is -2.14. The Balaban J connectivity index is 1.55. The summed E-state index contributed by atoms with van der Waals surface area (Å²) in [5, 5.41) is 2.01. The van der Waals surface area contributed by atoms with Gasteiger partial charge in [0.05, 0.1) is 19.3 Å². The van der Waals surface area contributed by atoms with E-state index in [9.17, 15) is 4.79 Å². The third-order valence-electron chi connectivity index (χ3n) is 3.56. The van der Waals surface area contributed by atoms with Crippen LogP contribution >= 0.6 is 11.3 Å². The van der Waals surface area contributed by atoms with E-state index >= 15 is 0 Å². The SMILES string of the molecule is O=C(C=Cc1cccs1)N1CCN(c2cccc[nH+]2)CC1. The van der Waals surface area contributed by atoms with Gasteiger partial charge in [-0.25, -0.2) is 4.98 Å². The molecule has 1 N–H and O–H groups in total. The summed E-state index contributed by atoms with van der Waals surface area (Å²) < 4.78 is 0. The van der Waals surface area contributed by atoms with E-state index in [1.54, 1.807) is 17.4 Å². The summed E-state index contributed by atoms with van der Waals surface area (Å²) in [7, 11) is 0. The van der Waals surface area contributed by atoms with Gasteiger partial charge in [0.1, 0.15) is 13.1 Å². The Morgan fingerprint density at radius 3 is 2.67 bits per heavy atom. The minimum atomic E-state index is 0.0973. The fraction of sp³-hybridized carbons (Fsp3) is 0.250. The minimum Gasteiger partial charge on any atom is -0.331 e. The van der Waals surface area contributed by atoms with E-state index in [1.807, 2.05) is 46.8 Å². The number of aromatic amines is 1. The van der Waals surface area contributed by atoms with Crippen LogP contribution in [0.5, 0.6) is 0 Å². The second-order valence-electron chi connectivity index (χ2n) is 4.91. The third kappa shape index (κ3) is 3.49. The van der Waals surface area contributed by atoms with Gasteiger partial charge in [-0.2, -0.15) is 0 Å². The van der Waals surface area contributed by atoms with Gasteiger partial charge in [0.2, 0.25) is 5.91 Å². The number of amides is 1. The predicted molar refractivity (Wildman–Crippen MR) is 85.1 cm³/mol. The van der Waals surface area contributed by atoms with Gasteiger partial charge in [-0.3, -0.25) is 9.69 Å². The molecule has 0 atom stereocenters. The Morgan fingerprint density at radius 2 is 2.00 bits per heavy atom. The van der Waals surface area contributed by atoms with E-state index in [1.165, 1.54) is 0 Å². The number of hydrogen-bond acceptors (Lipinski definition) is 3.